The molecule has 162 valence electrons. The summed E-state index contributed by atoms with van der Waals surface area (Å²) in [5.74, 6) is 1.35. The number of ether oxygens (including phenoxy) is 1. The molecular weight excluding hydrogens is 426 g/mol. The van der Waals surface area contributed by atoms with Crippen LogP contribution < -0.4 is 15.0 Å². The van der Waals surface area contributed by atoms with Crippen molar-refractivity contribution in [3.8, 4) is 5.75 Å². The summed E-state index contributed by atoms with van der Waals surface area (Å²) in [6.07, 6.45) is 2.45. The Morgan fingerprint density at radius 2 is 2.00 bits per heavy atom. The summed E-state index contributed by atoms with van der Waals surface area (Å²) in [7, 11) is 1.59. The fraction of sp³-hybridized carbons (Fsp3) is 0.208. The number of pyridine rings is 1. The summed E-state index contributed by atoms with van der Waals surface area (Å²) in [5.41, 5.74) is 4.20. The van der Waals surface area contributed by atoms with Gasteiger partial charge in [-0.15, -0.1) is 0 Å². The SMILES string of the molecule is COc1ccc(N2CCCn3c(nc4ccccc43)C2)cc1NC(=O)c1ccc(Cl)nc1. The van der Waals surface area contributed by atoms with E-state index in [2.05, 4.69) is 31.9 Å². The number of nitrogens with one attached hydrogen (secondary N) is 1. The van der Waals surface area contributed by atoms with Gasteiger partial charge in [0.25, 0.3) is 5.91 Å². The summed E-state index contributed by atoms with van der Waals surface area (Å²) in [6, 6.07) is 17.3. The van der Waals surface area contributed by atoms with Crippen LogP contribution in [0, 0.1) is 0 Å². The van der Waals surface area contributed by atoms with Gasteiger partial charge in [0.05, 0.1) is 35.9 Å². The quantitative estimate of drug-likeness (QED) is 0.457. The van der Waals surface area contributed by atoms with Gasteiger partial charge in [0.1, 0.15) is 16.7 Å². The number of carbonyl (C=O) groups is 1. The number of halogens is 1. The number of imidazole rings is 1. The van der Waals surface area contributed by atoms with Gasteiger partial charge in [0.15, 0.2) is 0 Å². The van der Waals surface area contributed by atoms with Gasteiger partial charge in [-0.2, -0.15) is 0 Å². The van der Waals surface area contributed by atoms with E-state index in [1.807, 2.05) is 30.3 Å². The van der Waals surface area contributed by atoms with E-state index in [0.717, 1.165) is 36.5 Å². The lowest BCUT2D eigenvalue weighted by Crippen LogP contribution is -2.23. The molecule has 0 aliphatic carbocycles. The highest BCUT2D eigenvalue weighted by Crippen LogP contribution is 2.32. The van der Waals surface area contributed by atoms with Crippen molar-refractivity contribution in [1.82, 2.24) is 14.5 Å². The third kappa shape index (κ3) is 3.87. The molecule has 4 aromatic rings. The van der Waals surface area contributed by atoms with Crippen LogP contribution in [0.4, 0.5) is 11.4 Å². The van der Waals surface area contributed by atoms with Crippen molar-refractivity contribution in [1.29, 1.82) is 0 Å². The largest absolute Gasteiger partial charge is 0.495 e. The van der Waals surface area contributed by atoms with E-state index in [1.165, 1.54) is 11.7 Å². The average Bonchev–Trinajstić information content (AvgIpc) is 3.02. The number of rotatable bonds is 4. The molecule has 1 N–H and O–H groups in total. The molecule has 0 spiro atoms. The zero-order chi connectivity index (χ0) is 22.1. The number of aryl methyl sites for hydroxylation is 1. The number of hydrogen-bond donors (Lipinski definition) is 1. The van der Waals surface area contributed by atoms with Gasteiger partial charge in [-0.05, 0) is 48.9 Å². The van der Waals surface area contributed by atoms with E-state index in [1.54, 1.807) is 19.2 Å². The first-order valence-electron chi connectivity index (χ1n) is 10.4. The standard InChI is InChI=1S/C24H22ClN5O2/c1-32-21-9-8-17(13-19(21)28-24(31)16-7-10-22(25)26-14-16)29-11-4-12-30-20-6-3-2-5-18(20)27-23(30)15-29/h2-3,5-10,13-14H,4,11-12,15H2,1H3,(H,28,31). The van der Waals surface area contributed by atoms with Crippen molar-refractivity contribution >= 4 is 39.9 Å². The monoisotopic (exact) mass is 447 g/mol. The fourth-order valence-corrected chi connectivity index (χ4v) is 4.19. The Morgan fingerprint density at radius 1 is 1.12 bits per heavy atom. The minimum Gasteiger partial charge on any atom is -0.495 e. The molecule has 1 amide bonds. The molecule has 0 atom stereocenters. The van der Waals surface area contributed by atoms with E-state index in [9.17, 15) is 4.79 Å². The van der Waals surface area contributed by atoms with E-state index in [-0.39, 0.29) is 5.91 Å². The van der Waals surface area contributed by atoms with E-state index in [4.69, 9.17) is 21.3 Å². The molecule has 5 rings (SSSR count). The van der Waals surface area contributed by atoms with E-state index >= 15 is 0 Å². The lowest BCUT2D eigenvalue weighted by molar-refractivity contribution is 0.102. The Hall–Kier alpha value is -3.58. The smallest absolute Gasteiger partial charge is 0.257 e. The van der Waals surface area contributed by atoms with Gasteiger partial charge in [0, 0.05) is 25.0 Å². The Labute approximate surface area is 190 Å². The zero-order valence-corrected chi connectivity index (χ0v) is 18.3. The highest BCUT2D eigenvalue weighted by Gasteiger charge is 2.20. The highest BCUT2D eigenvalue weighted by atomic mass is 35.5. The number of carbonyl (C=O) groups excluding carboxylic acids is 1. The predicted molar refractivity (Wildman–Crippen MR) is 126 cm³/mol. The van der Waals surface area contributed by atoms with Crippen molar-refractivity contribution in [2.45, 2.75) is 19.5 Å². The van der Waals surface area contributed by atoms with Crippen molar-refractivity contribution in [3.63, 3.8) is 0 Å². The van der Waals surface area contributed by atoms with Crippen molar-refractivity contribution in [2.24, 2.45) is 0 Å². The number of benzene rings is 2. The van der Waals surface area contributed by atoms with Crippen LogP contribution in [-0.2, 0) is 13.1 Å². The maximum absolute atomic E-state index is 12.7. The topological polar surface area (TPSA) is 72.3 Å². The molecule has 32 heavy (non-hydrogen) atoms. The molecule has 2 aromatic heterocycles. The molecular formula is C24H22ClN5O2. The molecule has 0 saturated carbocycles. The number of nitrogens with zero attached hydrogens (tertiary/aromatic N) is 4. The number of aromatic nitrogens is 3. The summed E-state index contributed by atoms with van der Waals surface area (Å²) in [6.45, 7) is 2.50. The number of fused-ring (bicyclic) bond motifs is 3. The van der Waals surface area contributed by atoms with Gasteiger partial charge >= 0.3 is 0 Å². The number of methoxy groups -OCH3 is 1. The van der Waals surface area contributed by atoms with Crippen molar-refractivity contribution < 1.29 is 9.53 Å². The molecule has 7 nitrogen and oxygen atoms in total. The van der Waals surface area contributed by atoms with E-state index in [0.29, 0.717) is 28.7 Å². The second kappa shape index (κ2) is 8.51. The fourth-order valence-electron chi connectivity index (χ4n) is 4.08. The van der Waals surface area contributed by atoms with Crippen molar-refractivity contribution in [3.05, 3.63) is 77.3 Å². The summed E-state index contributed by atoms with van der Waals surface area (Å²) < 4.78 is 7.78. The second-order valence-electron chi connectivity index (χ2n) is 7.65. The van der Waals surface area contributed by atoms with Crippen LogP contribution in [-0.4, -0.2) is 34.1 Å². The van der Waals surface area contributed by atoms with Gasteiger partial charge < -0.3 is 19.5 Å². The molecule has 0 unspecified atom stereocenters. The molecule has 8 heteroatoms. The number of anilines is 2. The number of para-hydroxylation sites is 2. The first-order chi connectivity index (χ1) is 15.6. The Balaban J connectivity index is 1.43. The van der Waals surface area contributed by atoms with Gasteiger partial charge in [0.2, 0.25) is 0 Å². The van der Waals surface area contributed by atoms with Crippen LogP contribution in [0.25, 0.3) is 11.0 Å². The summed E-state index contributed by atoms with van der Waals surface area (Å²) in [5, 5.41) is 3.28. The zero-order valence-electron chi connectivity index (χ0n) is 17.6. The molecule has 0 radical (unpaired) electrons. The molecule has 2 aromatic carbocycles. The molecule has 3 heterocycles. The predicted octanol–water partition coefficient (Wildman–Crippen LogP) is 4.76. The maximum atomic E-state index is 12.7. The Bertz CT molecular complexity index is 1290. The molecule has 0 fully saturated rings. The minimum atomic E-state index is -0.276. The van der Waals surface area contributed by atoms with Crippen LogP contribution in [0.5, 0.6) is 5.75 Å². The normalized spacial score (nSPS) is 13.5. The van der Waals surface area contributed by atoms with E-state index < -0.39 is 0 Å². The Kier molecular flexibility index (Phi) is 5.41. The van der Waals surface area contributed by atoms with Crippen LogP contribution in [0.1, 0.15) is 22.6 Å². The molecule has 1 aliphatic heterocycles. The average molecular weight is 448 g/mol. The van der Waals surface area contributed by atoms with Crippen LogP contribution in [0.3, 0.4) is 0 Å². The third-order valence-electron chi connectivity index (χ3n) is 5.66. The summed E-state index contributed by atoms with van der Waals surface area (Å²) in [4.78, 5) is 23.8. The van der Waals surface area contributed by atoms with Gasteiger partial charge in [-0.25, -0.2) is 9.97 Å². The number of amides is 1. The summed E-state index contributed by atoms with van der Waals surface area (Å²) >= 11 is 5.83. The van der Waals surface area contributed by atoms with Crippen LogP contribution in [0.15, 0.2) is 60.8 Å². The minimum absolute atomic E-state index is 0.276. The maximum Gasteiger partial charge on any atom is 0.257 e. The molecule has 1 aliphatic rings. The lowest BCUT2D eigenvalue weighted by Gasteiger charge is -2.23. The Morgan fingerprint density at radius 3 is 2.81 bits per heavy atom. The second-order valence-corrected chi connectivity index (χ2v) is 8.04. The van der Waals surface area contributed by atoms with Gasteiger partial charge in [-0.3, -0.25) is 4.79 Å². The van der Waals surface area contributed by atoms with Crippen LogP contribution in [0.2, 0.25) is 5.15 Å². The van der Waals surface area contributed by atoms with Gasteiger partial charge in [-0.1, -0.05) is 23.7 Å². The first kappa shape index (κ1) is 20.3. The molecule has 0 bridgehead atoms. The number of hydrogen-bond acceptors (Lipinski definition) is 5. The van der Waals surface area contributed by atoms with Crippen LogP contribution >= 0.6 is 11.6 Å². The first-order valence-corrected chi connectivity index (χ1v) is 10.8. The third-order valence-corrected chi connectivity index (χ3v) is 5.89. The van der Waals surface area contributed by atoms with Crippen molar-refractivity contribution in [2.75, 3.05) is 23.9 Å². The highest BCUT2D eigenvalue weighted by molar-refractivity contribution is 6.29. The molecule has 0 saturated heterocycles. The lowest BCUT2D eigenvalue weighted by atomic mass is 10.2.